The van der Waals surface area contributed by atoms with E-state index in [1.807, 2.05) is 72.5 Å². The maximum absolute atomic E-state index is 13.2. The number of rotatable bonds is 7. The summed E-state index contributed by atoms with van der Waals surface area (Å²) in [5, 5.41) is 3.27. The quantitative estimate of drug-likeness (QED) is 0.697. The molecular formula is C26H34N4O3. The van der Waals surface area contributed by atoms with E-state index in [1.165, 1.54) is 0 Å². The van der Waals surface area contributed by atoms with Gasteiger partial charge >= 0.3 is 0 Å². The third-order valence-electron chi connectivity index (χ3n) is 6.61. The largest absolute Gasteiger partial charge is 0.378 e. The van der Waals surface area contributed by atoms with Crippen molar-refractivity contribution in [2.75, 3.05) is 59.0 Å². The lowest BCUT2D eigenvalue weighted by molar-refractivity contribution is -0.137. The highest BCUT2D eigenvalue weighted by Gasteiger charge is 2.29. The third-order valence-corrected chi connectivity index (χ3v) is 6.61. The van der Waals surface area contributed by atoms with Crippen LogP contribution in [0.15, 0.2) is 60.7 Å². The van der Waals surface area contributed by atoms with Gasteiger partial charge in [0.15, 0.2) is 0 Å². The molecule has 2 aromatic rings. The molecule has 2 heterocycles. The van der Waals surface area contributed by atoms with Crippen LogP contribution in [0.5, 0.6) is 0 Å². The summed E-state index contributed by atoms with van der Waals surface area (Å²) in [6.45, 7) is 8.13. The predicted octanol–water partition coefficient (Wildman–Crippen LogP) is 1.76. The lowest BCUT2D eigenvalue weighted by atomic mass is 9.98. The number of amides is 2. The summed E-state index contributed by atoms with van der Waals surface area (Å²) in [5.41, 5.74) is 2.13. The van der Waals surface area contributed by atoms with E-state index in [4.69, 9.17) is 4.74 Å². The second-order valence-electron chi connectivity index (χ2n) is 8.74. The molecule has 0 aliphatic carbocycles. The molecule has 0 aromatic heterocycles. The van der Waals surface area contributed by atoms with E-state index in [1.54, 1.807) is 0 Å². The lowest BCUT2D eigenvalue weighted by Crippen LogP contribution is -2.56. The molecule has 1 N–H and O–H groups in total. The molecule has 2 aromatic carbocycles. The van der Waals surface area contributed by atoms with Crippen molar-refractivity contribution in [2.24, 2.45) is 0 Å². The zero-order chi connectivity index (χ0) is 23.0. The highest BCUT2D eigenvalue weighted by molar-refractivity contribution is 5.82. The number of carbonyl (C=O) groups is 2. The Bertz CT molecular complexity index is 855. The van der Waals surface area contributed by atoms with Crippen molar-refractivity contribution in [3.8, 4) is 0 Å². The molecule has 33 heavy (non-hydrogen) atoms. The van der Waals surface area contributed by atoms with Crippen molar-refractivity contribution in [1.82, 2.24) is 20.0 Å². The van der Waals surface area contributed by atoms with Gasteiger partial charge in [0.05, 0.1) is 31.8 Å². The minimum atomic E-state index is -0.239. The zero-order valence-electron chi connectivity index (χ0n) is 19.4. The van der Waals surface area contributed by atoms with Crippen LogP contribution < -0.4 is 5.32 Å². The number of carbonyl (C=O) groups excluding carboxylic acids is 2. The van der Waals surface area contributed by atoms with Crippen LogP contribution in [0.25, 0.3) is 0 Å². The van der Waals surface area contributed by atoms with Crippen molar-refractivity contribution in [3.05, 3.63) is 71.8 Å². The molecule has 2 saturated heterocycles. The van der Waals surface area contributed by atoms with Crippen LogP contribution >= 0.6 is 0 Å². The number of hydrogen-bond acceptors (Lipinski definition) is 5. The number of piperazine rings is 1. The van der Waals surface area contributed by atoms with Crippen molar-refractivity contribution >= 4 is 11.8 Å². The highest BCUT2D eigenvalue weighted by Crippen LogP contribution is 2.22. The number of nitrogens with one attached hydrogen (secondary N) is 1. The first-order valence-corrected chi connectivity index (χ1v) is 11.8. The Morgan fingerprint density at radius 1 is 0.848 bits per heavy atom. The van der Waals surface area contributed by atoms with Crippen LogP contribution in [-0.4, -0.2) is 91.6 Å². The van der Waals surface area contributed by atoms with Gasteiger partial charge in [-0.25, -0.2) is 0 Å². The molecule has 0 spiro atoms. The second-order valence-corrected chi connectivity index (χ2v) is 8.74. The van der Waals surface area contributed by atoms with Gasteiger partial charge in [-0.2, -0.15) is 0 Å². The minimum absolute atomic E-state index is 0.0190. The van der Waals surface area contributed by atoms with Crippen LogP contribution in [0.1, 0.15) is 24.1 Å². The average Bonchev–Trinajstić information content (AvgIpc) is 2.88. The van der Waals surface area contributed by atoms with Crippen molar-refractivity contribution in [2.45, 2.75) is 19.0 Å². The minimum Gasteiger partial charge on any atom is -0.378 e. The Kier molecular flexibility index (Phi) is 8.10. The first-order chi connectivity index (χ1) is 16.1. The molecule has 176 valence electrons. The number of nitrogens with zero attached hydrogens (tertiary/aromatic N) is 3. The highest BCUT2D eigenvalue weighted by atomic mass is 16.5. The Morgan fingerprint density at radius 3 is 1.94 bits per heavy atom. The van der Waals surface area contributed by atoms with E-state index in [0.29, 0.717) is 32.8 Å². The summed E-state index contributed by atoms with van der Waals surface area (Å²) in [6, 6.07) is 19.7. The molecule has 4 rings (SSSR count). The average molecular weight is 451 g/mol. The maximum atomic E-state index is 13.2. The van der Waals surface area contributed by atoms with Crippen molar-refractivity contribution in [1.29, 1.82) is 0 Å². The molecule has 2 fully saturated rings. The van der Waals surface area contributed by atoms with Gasteiger partial charge in [-0.1, -0.05) is 60.7 Å². The van der Waals surface area contributed by atoms with Gasteiger partial charge in [-0.15, -0.1) is 0 Å². The summed E-state index contributed by atoms with van der Waals surface area (Å²) in [7, 11) is 0. The predicted molar refractivity (Wildman–Crippen MR) is 128 cm³/mol. The molecule has 2 amide bonds. The van der Waals surface area contributed by atoms with Gasteiger partial charge in [-0.05, 0) is 18.1 Å². The lowest BCUT2D eigenvalue weighted by Gasteiger charge is -2.38. The monoisotopic (exact) mass is 450 g/mol. The fourth-order valence-corrected chi connectivity index (χ4v) is 4.49. The molecule has 7 heteroatoms. The third kappa shape index (κ3) is 6.19. The standard InChI is InChI=1S/C26H34N4O3/c1-21(29-14-12-28(13-15-29)20-24(31)30-16-18-33-19-17-30)26(32)27-25(22-8-4-2-5-9-22)23-10-6-3-7-11-23/h2-11,21,25H,12-20H2,1H3,(H,27,32)/t21-/m0/s1. The van der Waals surface area contributed by atoms with E-state index in [9.17, 15) is 9.59 Å². The Hall–Kier alpha value is -2.74. The topological polar surface area (TPSA) is 65.1 Å². The van der Waals surface area contributed by atoms with E-state index in [2.05, 4.69) is 15.1 Å². The first-order valence-electron chi connectivity index (χ1n) is 11.8. The Labute approximate surface area is 196 Å². The maximum Gasteiger partial charge on any atom is 0.237 e. The number of ether oxygens (including phenoxy) is 1. The smallest absolute Gasteiger partial charge is 0.237 e. The van der Waals surface area contributed by atoms with Gasteiger partial charge in [0, 0.05) is 39.3 Å². The molecule has 7 nitrogen and oxygen atoms in total. The van der Waals surface area contributed by atoms with Gasteiger partial charge in [0.2, 0.25) is 11.8 Å². The van der Waals surface area contributed by atoms with Crippen LogP contribution in [0.3, 0.4) is 0 Å². The Morgan fingerprint density at radius 2 is 1.39 bits per heavy atom. The SMILES string of the molecule is C[C@@H](C(=O)NC(c1ccccc1)c1ccccc1)N1CCN(CC(=O)N2CCOCC2)CC1. The molecule has 0 unspecified atom stereocenters. The molecule has 2 aliphatic heterocycles. The summed E-state index contributed by atoms with van der Waals surface area (Å²) in [6.07, 6.45) is 0. The molecule has 2 aliphatic rings. The second kappa shape index (κ2) is 11.4. The van der Waals surface area contributed by atoms with Crippen LogP contribution in [0, 0.1) is 0 Å². The first kappa shape index (κ1) is 23.4. The van der Waals surface area contributed by atoms with E-state index in [-0.39, 0.29) is 23.9 Å². The fraction of sp³-hybridized carbons (Fsp3) is 0.462. The van der Waals surface area contributed by atoms with Gasteiger partial charge in [-0.3, -0.25) is 19.4 Å². The molecule has 0 saturated carbocycles. The van der Waals surface area contributed by atoms with Crippen molar-refractivity contribution < 1.29 is 14.3 Å². The normalized spacial score (nSPS) is 18.8. The molecular weight excluding hydrogens is 416 g/mol. The number of hydrogen-bond donors (Lipinski definition) is 1. The summed E-state index contributed by atoms with van der Waals surface area (Å²) < 4.78 is 5.33. The van der Waals surface area contributed by atoms with Gasteiger partial charge < -0.3 is 15.0 Å². The number of benzene rings is 2. The summed E-state index contributed by atoms with van der Waals surface area (Å²) in [5.74, 6) is 0.191. The summed E-state index contributed by atoms with van der Waals surface area (Å²) >= 11 is 0. The van der Waals surface area contributed by atoms with Gasteiger partial charge in [0.25, 0.3) is 0 Å². The van der Waals surface area contributed by atoms with Gasteiger partial charge in [0.1, 0.15) is 0 Å². The Balaban J connectivity index is 1.32. The van der Waals surface area contributed by atoms with Crippen LogP contribution in [0.4, 0.5) is 0 Å². The van der Waals surface area contributed by atoms with E-state index < -0.39 is 0 Å². The zero-order valence-corrected chi connectivity index (χ0v) is 19.4. The fourth-order valence-electron chi connectivity index (χ4n) is 4.49. The molecule has 0 bridgehead atoms. The van der Waals surface area contributed by atoms with Crippen LogP contribution in [0.2, 0.25) is 0 Å². The number of morpholine rings is 1. The molecule has 0 radical (unpaired) electrons. The van der Waals surface area contributed by atoms with E-state index >= 15 is 0 Å². The summed E-state index contributed by atoms with van der Waals surface area (Å²) in [4.78, 5) is 32.0. The van der Waals surface area contributed by atoms with Crippen molar-refractivity contribution in [3.63, 3.8) is 0 Å². The molecule has 1 atom stereocenters. The van der Waals surface area contributed by atoms with E-state index in [0.717, 1.165) is 37.3 Å². The van der Waals surface area contributed by atoms with Crippen LogP contribution in [-0.2, 0) is 14.3 Å².